The summed E-state index contributed by atoms with van der Waals surface area (Å²) in [5.74, 6) is -0.542. The van der Waals surface area contributed by atoms with Crippen molar-refractivity contribution >= 4 is 65.5 Å². The molecule has 45 heavy (non-hydrogen) atoms. The number of thiazole rings is 1. The number of hydrazone groups is 1. The van der Waals surface area contributed by atoms with Crippen molar-refractivity contribution in [1.29, 1.82) is 0 Å². The molecule has 0 bridgehead atoms. The SMILES string of the molecule is Cc1ccc2nc(N(/N=C/c3coc4ccccc4c3=O)C(=O)c3ccc(S(=O)(=O)N4CCCc5ccccc54)cc3)sc2c1. The summed E-state index contributed by atoms with van der Waals surface area (Å²) in [4.78, 5) is 31.8. The fourth-order valence-electron chi connectivity index (χ4n) is 5.37. The van der Waals surface area contributed by atoms with Gasteiger partial charge >= 0.3 is 0 Å². The summed E-state index contributed by atoms with van der Waals surface area (Å²) in [6.07, 6.45) is 4.12. The van der Waals surface area contributed by atoms with E-state index in [-0.39, 0.29) is 21.5 Å². The van der Waals surface area contributed by atoms with E-state index in [1.807, 2.05) is 49.4 Å². The van der Waals surface area contributed by atoms with Gasteiger partial charge in [0.05, 0.1) is 38.0 Å². The Morgan fingerprint density at radius 1 is 1.02 bits per heavy atom. The molecule has 0 atom stereocenters. The molecule has 3 heterocycles. The number of fused-ring (bicyclic) bond motifs is 3. The summed E-state index contributed by atoms with van der Waals surface area (Å²) >= 11 is 1.28. The normalized spacial score (nSPS) is 13.4. The van der Waals surface area contributed by atoms with Crippen molar-refractivity contribution in [1.82, 2.24) is 4.98 Å². The van der Waals surface area contributed by atoms with Gasteiger partial charge in [0.2, 0.25) is 10.6 Å². The Hall–Kier alpha value is -5.13. The number of carbonyl (C=O) groups is 1. The predicted molar refractivity (Wildman–Crippen MR) is 177 cm³/mol. The molecule has 11 heteroatoms. The first-order valence-corrected chi connectivity index (χ1v) is 16.5. The zero-order valence-corrected chi connectivity index (χ0v) is 25.7. The van der Waals surface area contributed by atoms with E-state index < -0.39 is 15.9 Å². The number of nitrogens with zero attached hydrogens (tertiary/aromatic N) is 4. The summed E-state index contributed by atoms with van der Waals surface area (Å²) < 4.78 is 35.2. The number of rotatable bonds is 6. The van der Waals surface area contributed by atoms with Crippen LogP contribution in [0.25, 0.3) is 21.2 Å². The summed E-state index contributed by atoms with van der Waals surface area (Å²) in [6, 6.07) is 25.9. The standard InChI is InChI=1S/C34H26N4O5S2/c1-22-12-17-28-31(19-22)44-34(36-28)38(35-20-25-21-43-30-11-5-3-9-27(30)32(25)39)33(40)24-13-15-26(16-14-24)45(41,42)37-18-6-8-23-7-2-4-10-29(23)37/h2-5,7,9-17,19-21H,6,8,18H2,1H3/b35-20+. The number of amides is 1. The smallest absolute Gasteiger partial charge is 0.280 e. The van der Waals surface area contributed by atoms with Gasteiger partial charge in [0.1, 0.15) is 11.8 Å². The average molecular weight is 635 g/mol. The minimum atomic E-state index is -3.86. The van der Waals surface area contributed by atoms with Gasteiger partial charge in [0.25, 0.3) is 15.9 Å². The predicted octanol–water partition coefficient (Wildman–Crippen LogP) is 6.53. The monoisotopic (exact) mass is 634 g/mol. The van der Waals surface area contributed by atoms with Gasteiger partial charge in [-0.15, -0.1) is 0 Å². The first kappa shape index (κ1) is 28.6. The molecule has 7 rings (SSSR count). The average Bonchev–Trinajstić information content (AvgIpc) is 3.48. The highest BCUT2D eigenvalue weighted by Crippen LogP contribution is 2.33. The van der Waals surface area contributed by atoms with E-state index in [2.05, 4.69) is 10.1 Å². The van der Waals surface area contributed by atoms with Crippen molar-refractivity contribution in [3.8, 4) is 0 Å². The number of aromatic nitrogens is 1. The molecule has 9 nitrogen and oxygen atoms in total. The van der Waals surface area contributed by atoms with Crippen LogP contribution in [0.2, 0.25) is 0 Å². The second-order valence-corrected chi connectivity index (χ2v) is 13.6. The van der Waals surface area contributed by atoms with Crippen molar-refractivity contribution in [3.63, 3.8) is 0 Å². The lowest BCUT2D eigenvalue weighted by Gasteiger charge is -2.30. The number of carbonyl (C=O) groups excluding carboxylic acids is 1. The molecule has 0 N–H and O–H groups in total. The van der Waals surface area contributed by atoms with Crippen LogP contribution in [-0.2, 0) is 16.4 Å². The Balaban J connectivity index is 1.24. The van der Waals surface area contributed by atoms with E-state index in [0.29, 0.717) is 33.8 Å². The van der Waals surface area contributed by atoms with Crippen molar-refractivity contribution in [2.75, 3.05) is 15.9 Å². The van der Waals surface area contributed by atoms with E-state index in [9.17, 15) is 18.0 Å². The van der Waals surface area contributed by atoms with Crippen molar-refractivity contribution in [2.45, 2.75) is 24.7 Å². The molecule has 0 radical (unpaired) electrons. The van der Waals surface area contributed by atoms with Gasteiger partial charge in [-0.2, -0.15) is 10.1 Å². The third-order valence-electron chi connectivity index (χ3n) is 7.68. The molecule has 4 aromatic carbocycles. The minimum absolute atomic E-state index is 0.0787. The summed E-state index contributed by atoms with van der Waals surface area (Å²) in [6.45, 7) is 2.35. The quantitative estimate of drug-likeness (QED) is 0.152. The van der Waals surface area contributed by atoms with Crippen LogP contribution in [0.15, 0.2) is 116 Å². The van der Waals surface area contributed by atoms with E-state index in [1.54, 1.807) is 24.3 Å². The highest BCUT2D eigenvalue weighted by atomic mass is 32.2. The second-order valence-electron chi connectivity index (χ2n) is 10.7. The Labute approximate surface area is 262 Å². The lowest BCUT2D eigenvalue weighted by atomic mass is 10.0. The highest BCUT2D eigenvalue weighted by Gasteiger charge is 2.29. The van der Waals surface area contributed by atoms with Gasteiger partial charge in [-0.3, -0.25) is 13.9 Å². The van der Waals surface area contributed by atoms with Crippen LogP contribution in [0.1, 0.15) is 33.5 Å². The zero-order valence-electron chi connectivity index (χ0n) is 24.1. The van der Waals surface area contributed by atoms with Crippen LogP contribution < -0.4 is 14.7 Å². The van der Waals surface area contributed by atoms with Crippen molar-refractivity contribution in [3.05, 3.63) is 130 Å². The van der Waals surface area contributed by atoms with Gasteiger partial charge in [-0.1, -0.05) is 47.7 Å². The number of para-hydroxylation sites is 2. The van der Waals surface area contributed by atoms with E-state index in [1.165, 1.54) is 52.4 Å². The maximum absolute atomic E-state index is 14.0. The van der Waals surface area contributed by atoms with Crippen molar-refractivity contribution < 1.29 is 17.6 Å². The van der Waals surface area contributed by atoms with Crippen LogP contribution in [0.4, 0.5) is 10.8 Å². The molecular weight excluding hydrogens is 609 g/mol. The first-order valence-electron chi connectivity index (χ1n) is 14.3. The minimum Gasteiger partial charge on any atom is -0.463 e. The second kappa shape index (κ2) is 11.4. The van der Waals surface area contributed by atoms with Gasteiger partial charge in [-0.05, 0) is 85.5 Å². The van der Waals surface area contributed by atoms with Gasteiger partial charge < -0.3 is 4.42 Å². The molecule has 0 saturated carbocycles. The van der Waals surface area contributed by atoms with Crippen LogP contribution in [0.3, 0.4) is 0 Å². The molecule has 2 aromatic heterocycles. The molecule has 0 saturated heterocycles. The first-order chi connectivity index (χ1) is 21.8. The van der Waals surface area contributed by atoms with Crippen LogP contribution in [0.5, 0.6) is 0 Å². The summed E-state index contributed by atoms with van der Waals surface area (Å²) in [5, 5.41) is 6.23. The van der Waals surface area contributed by atoms with Crippen LogP contribution >= 0.6 is 11.3 Å². The molecule has 0 fully saturated rings. The fraction of sp³-hybridized carbons (Fsp3) is 0.118. The van der Waals surface area contributed by atoms with Crippen molar-refractivity contribution in [2.24, 2.45) is 5.10 Å². The number of anilines is 2. The highest BCUT2D eigenvalue weighted by molar-refractivity contribution is 7.92. The molecule has 0 spiro atoms. The lowest BCUT2D eigenvalue weighted by molar-refractivity contribution is 0.0987. The Bertz CT molecular complexity index is 2290. The molecule has 1 amide bonds. The third-order valence-corrected chi connectivity index (χ3v) is 10.5. The van der Waals surface area contributed by atoms with Gasteiger partial charge in [0, 0.05) is 12.1 Å². The Morgan fingerprint density at radius 3 is 2.64 bits per heavy atom. The van der Waals surface area contributed by atoms with E-state index >= 15 is 0 Å². The molecule has 0 aliphatic carbocycles. The Morgan fingerprint density at radius 2 is 1.80 bits per heavy atom. The van der Waals surface area contributed by atoms with E-state index in [0.717, 1.165) is 33.7 Å². The summed E-state index contributed by atoms with van der Waals surface area (Å²) in [5.41, 5.74) is 3.91. The molecular formula is C34H26N4O5S2. The molecule has 1 aliphatic heterocycles. The number of hydrogen-bond donors (Lipinski definition) is 0. The number of benzene rings is 4. The third kappa shape index (κ3) is 5.30. The topological polar surface area (TPSA) is 113 Å². The molecule has 0 unspecified atom stereocenters. The number of hydrogen-bond acceptors (Lipinski definition) is 8. The number of aryl methyl sites for hydroxylation is 2. The van der Waals surface area contributed by atoms with Gasteiger partial charge in [0.15, 0.2) is 0 Å². The maximum atomic E-state index is 14.0. The van der Waals surface area contributed by atoms with Gasteiger partial charge in [-0.25, -0.2) is 13.4 Å². The van der Waals surface area contributed by atoms with Crippen LogP contribution in [-0.4, -0.2) is 32.1 Å². The summed E-state index contributed by atoms with van der Waals surface area (Å²) in [7, 11) is -3.86. The Kier molecular flexibility index (Phi) is 7.26. The number of sulfonamides is 1. The lowest BCUT2D eigenvalue weighted by Crippen LogP contribution is -2.35. The maximum Gasteiger partial charge on any atom is 0.280 e. The van der Waals surface area contributed by atoms with Crippen LogP contribution in [0, 0.1) is 6.92 Å². The molecule has 224 valence electrons. The zero-order chi connectivity index (χ0) is 31.1. The largest absolute Gasteiger partial charge is 0.463 e. The fourth-order valence-corrected chi connectivity index (χ4v) is 7.93. The molecule has 6 aromatic rings. The van der Waals surface area contributed by atoms with E-state index in [4.69, 9.17) is 4.42 Å². The molecule has 1 aliphatic rings.